The number of H-pyrrole nitrogens is 1. The van der Waals surface area contributed by atoms with E-state index in [-0.39, 0.29) is 5.56 Å². The maximum atomic E-state index is 12.1. The van der Waals surface area contributed by atoms with Crippen LogP contribution in [0.1, 0.15) is 30.5 Å². The maximum Gasteiger partial charge on any atom is 0.255 e. The number of piperidine rings is 1. The number of hydrogen-bond acceptors (Lipinski definition) is 4. The van der Waals surface area contributed by atoms with Gasteiger partial charge in [-0.3, -0.25) is 9.78 Å². The molecule has 1 aromatic heterocycles. The number of nitrogens with zero attached hydrogens (tertiary/aromatic N) is 2. The van der Waals surface area contributed by atoms with Crippen molar-refractivity contribution < 1.29 is 0 Å². The second-order valence-electron chi connectivity index (χ2n) is 5.11. The van der Waals surface area contributed by atoms with Gasteiger partial charge in [-0.2, -0.15) is 0 Å². The molecule has 0 unspecified atom stereocenters. The lowest BCUT2D eigenvalue weighted by molar-refractivity contribution is 0.566. The van der Waals surface area contributed by atoms with Crippen molar-refractivity contribution in [2.24, 2.45) is 0 Å². The molecule has 1 fully saturated rings. The van der Waals surface area contributed by atoms with E-state index in [1.165, 1.54) is 19.3 Å². The van der Waals surface area contributed by atoms with Gasteiger partial charge in [0.15, 0.2) is 0 Å². The van der Waals surface area contributed by atoms with E-state index < -0.39 is 0 Å². The minimum Gasteiger partial charge on any atom is -0.342 e. The minimum absolute atomic E-state index is 0.0595. The number of aromatic amines is 1. The van der Waals surface area contributed by atoms with E-state index >= 15 is 0 Å². The lowest BCUT2D eigenvalue weighted by Gasteiger charge is -2.27. The van der Waals surface area contributed by atoms with Crippen LogP contribution in [-0.4, -0.2) is 36.1 Å². The maximum absolute atomic E-state index is 12.1. The van der Waals surface area contributed by atoms with Crippen LogP contribution in [0.15, 0.2) is 4.79 Å². The lowest BCUT2D eigenvalue weighted by Crippen LogP contribution is -2.33. The number of rotatable bonds is 1. The van der Waals surface area contributed by atoms with Gasteiger partial charge in [-0.05, 0) is 32.2 Å². The molecule has 3 rings (SSSR count). The van der Waals surface area contributed by atoms with E-state index in [0.717, 1.165) is 56.2 Å². The molecule has 1 aromatic rings. The Kier molecular flexibility index (Phi) is 3.32. The highest BCUT2D eigenvalue weighted by molar-refractivity contribution is 5.34. The summed E-state index contributed by atoms with van der Waals surface area (Å²) in [5.41, 5.74) is 1.93. The van der Waals surface area contributed by atoms with Crippen molar-refractivity contribution in [2.75, 3.05) is 31.1 Å². The Balaban J connectivity index is 1.94. The summed E-state index contributed by atoms with van der Waals surface area (Å²) in [5.74, 6) is 0.778. The molecule has 98 valence electrons. The largest absolute Gasteiger partial charge is 0.342 e. The molecule has 0 aromatic carbocycles. The second-order valence-corrected chi connectivity index (χ2v) is 5.11. The quantitative estimate of drug-likeness (QED) is 0.757. The minimum atomic E-state index is 0.0595. The Hall–Kier alpha value is -1.36. The van der Waals surface area contributed by atoms with Crippen molar-refractivity contribution >= 4 is 5.95 Å². The van der Waals surface area contributed by atoms with Gasteiger partial charge in [-0.25, -0.2) is 4.98 Å². The fourth-order valence-electron chi connectivity index (χ4n) is 2.80. The average molecular weight is 248 g/mol. The SMILES string of the molecule is O=c1[nH]c(N2CCCCC2)nc2c1CCNCC2. The van der Waals surface area contributed by atoms with E-state index in [0.29, 0.717) is 0 Å². The Bertz CT molecular complexity index is 476. The highest BCUT2D eigenvalue weighted by Crippen LogP contribution is 2.16. The van der Waals surface area contributed by atoms with Gasteiger partial charge in [0.25, 0.3) is 5.56 Å². The summed E-state index contributed by atoms with van der Waals surface area (Å²) < 4.78 is 0. The van der Waals surface area contributed by atoms with Crippen molar-refractivity contribution in [3.63, 3.8) is 0 Å². The predicted molar refractivity (Wildman–Crippen MR) is 71.2 cm³/mol. The third-order valence-electron chi connectivity index (χ3n) is 3.83. The topological polar surface area (TPSA) is 61.0 Å². The first-order chi connectivity index (χ1) is 8.84. The molecule has 3 heterocycles. The van der Waals surface area contributed by atoms with E-state index in [1.54, 1.807) is 0 Å². The number of nitrogens with one attached hydrogen (secondary N) is 2. The first kappa shape index (κ1) is 11.7. The van der Waals surface area contributed by atoms with Gasteiger partial charge >= 0.3 is 0 Å². The molecular formula is C13H20N4O. The Labute approximate surface area is 107 Å². The molecule has 2 aliphatic heterocycles. The summed E-state index contributed by atoms with van der Waals surface area (Å²) in [6, 6.07) is 0. The molecule has 2 aliphatic rings. The van der Waals surface area contributed by atoms with E-state index in [4.69, 9.17) is 0 Å². The first-order valence-corrected chi connectivity index (χ1v) is 6.92. The smallest absolute Gasteiger partial charge is 0.255 e. The number of aromatic nitrogens is 2. The van der Waals surface area contributed by atoms with Crippen molar-refractivity contribution in [2.45, 2.75) is 32.1 Å². The van der Waals surface area contributed by atoms with Gasteiger partial charge in [0, 0.05) is 31.6 Å². The fourth-order valence-corrected chi connectivity index (χ4v) is 2.80. The van der Waals surface area contributed by atoms with E-state index in [2.05, 4.69) is 20.2 Å². The monoisotopic (exact) mass is 248 g/mol. The van der Waals surface area contributed by atoms with Gasteiger partial charge in [0.05, 0.1) is 5.69 Å². The standard InChI is InChI=1S/C13H20N4O/c18-12-10-4-6-14-7-5-11(10)15-13(16-12)17-8-2-1-3-9-17/h14H,1-9H2,(H,15,16,18). The van der Waals surface area contributed by atoms with Crippen LogP contribution in [0, 0.1) is 0 Å². The van der Waals surface area contributed by atoms with Gasteiger partial charge in [0.2, 0.25) is 5.95 Å². The number of anilines is 1. The second kappa shape index (κ2) is 5.10. The van der Waals surface area contributed by atoms with Crippen LogP contribution >= 0.6 is 0 Å². The molecule has 0 radical (unpaired) electrons. The highest BCUT2D eigenvalue weighted by Gasteiger charge is 2.18. The van der Waals surface area contributed by atoms with Crippen LogP contribution in [0.3, 0.4) is 0 Å². The van der Waals surface area contributed by atoms with Crippen LogP contribution in [-0.2, 0) is 12.8 Å². The van der Waals surface area contributed by atoms with Gasteiger partial charge < -0.3 is 10.2 Å². The summed E-state index contributed by atoms with van der Waals surface area (Å²) in [6.45, 7) is 3.82. The Morgan fingerprint density at radius 3 is 2.67 bits per heavy atom. The zero-order valence-corrected chi connectivity index (χ0v) is 10.7. The van der Waals surface area contributed by atoms with Crippen LogP contribution in [0.25, 0.3) is 0 Å². The first-order valence-electron chi connectivity index (χ1n) is 6.92. The van der Waals surface area contributed by atoms with Crippen LogP contribution in [0.2, 0.25) is 0 Å². The van der Waals surface area contributed by atoms with Crippen molar-refractivity contribution in [3.8, 4) is 0 Å². The molecule has 5 nitrogen and oxygen atoms in total. The zero-order valence-electron chi connectivity index (χ0n) is 10.7. The summed E-state index contributed by atoms with van der Waals surface area (Å²) in [5, 5.41) is 3.31. The van der Waals surface area contributed by atoms with E-state index in [1.807, 2.05) is 0 Å². The molecular weight excluding hydrogens is 228 g/mol. The Morgan fingerprint density at radius 1 is 1.06 bits per heavy atom. The van der Waals surface area contributed by atoms with E-state index in [9.17, 15) is 4.79 Å². The summed E-state index contributed by atoms with van der Waals surface area (Å²) in [4.78, 5) is 22.0. The molecule has 5 heteroatoms. The number of hydrogen-bond donors (Lipinski definition) is 2. The van der Waals surface area contributed by atoms with Crippen LogP contribution in [0.4, 0.5) is 5.95 Å². The third kappa shape index (κ3) is 2.27. The van der Waals surface area contributed by atoms with Crippen LogP contribution in [0.5, 0.6) is 0 Å². The molecule has 2 N–H and O–H groups in total. The number of fused-ring (bicyclic) bond motifs is 1. The Morgan fingerprint density at radius 2 is 1.83 bits per heavy atom. The van der Waals surface area contributed by atoms with Gasteiger partial charge in [-0.1, -0.05) is 0 Å². The molecule has 0 aliphatic carbocycles. The summed E-state index contributed by atoms with van der Waals surface area (Å²) in [6.07, 6.45) is 5.33. The molecule has 0 bridgehead atoms. The molecule has 1 saturated heterocycles. The molecule has 0 spiro atoms. The zero-order chi connectivity index (χ0) is 12.4. The fraction of sp³-hybridized carbons (Fsp3) is 0.692. The van der Waals surface area contributed by atoms with Crippen LogP contribution < -0.4 is 15.8 Å². The van der Waals surface area contributed by atoms with Gasteiger partial charge in [-0.15, -0.1) is 0 Å². The predicted octanol–water partition coefficient (Wildman–Crippen LogP) is 0.448. The van der Waals surface area contributed by atoms with Gasteiger partial charge in [0.1, 0.15) is 0 Å². The average Bonchev–Trinajstić information content (AvgIpc) is 2.65. The van der Waals surface area contributed by atoms with Crippen molar-refractivity contribution in [1.82, 2.24) is 15.3 Å². The molecule has 18 heavy (non-hydrogen) atoms. The molecule has 0 amide bonds. The lowest BCUT2D eigenvalue weighted by atomic mass is 10.1. The molecule has 0 atom stereocenters. The van der Waals surface area contributed by atoms with Crippen molar-refractivity contribution in [3.05, 3.63) is 21.6 Å². The molecule has 0 saturated carbocycles. The summed E-state index contributed by atoms with van der Waals surface area (Å²) >= 11 is 0. The summed E-state index contributed by atoms with van der Waals surface area (Å²) in [7, 11) is 0. The van der Waals surface area contributed by atoms with Crippen molar-refractivity contribution in [1.29, 1.82) is 0 Å². The highest BCUT2D eigenvalue weighted by atomic mass is 16.1. The third-order valence-corrected chi connectivity index (χ3v) is 3.83. The normalized spacial score (nSPS) is 20.3.